The first-order valence-electron chi connectivity index (χ1n) is 9.55. The number of carbonyl (C=O) groups excluding carboxylic acids is 1. The van der Waals surface area contributed by atoms with Crippen LogP contribution in [0.1, 0.15) is 21.9 Å². The van der Waals surface area contributed by atoms with Crippen LogP contribution in [0.4, 0.5) is 0 Å². The molecule has 0 aliphatic carbocycles. The SMILES string of the molecule is COc1ccc2cc(COC(=O)c3ccc(CS(=O)(=O)c4ccccc4)o3)ccc2c1. The molecule has 4 rings (SSSR count). The number of methoxy groups -OCH3 is 1. The lowest BCUT2D eigenvalue weighted by atomic mass is 10.1. The van der Waals surface area contributed by atoms with E-state index in [-0.39, 0.29) is 28.8 Å². The number of esters is 1. The van der Waals surface area contributed by atoms with Crippen LogP contribution in [0.5, 0.6) is 5.75 Å². The van der Waals surface area contributed by atoms with Gasteiger partial charge in [-0.25, -0.2) is 13.2 Å². The van der Waals surface area contributed by atoms with Crippen LogP contribution < -0.4 is 4.74 Å². The molecule has 0 aliphatic heterocycles. The summed E-state index contributed by atoms with van der Waals surface area (Å²) in [6.07, 6.45) is 0. The van der Waals surface area contributed by atoms with E-state index in [9.17, 15) is 13.2 Å². The summed E-state index contributed by atoms with van der Waals surface area (Å²) in [5.41, 5.74) is 0.824. The van der Waals surface area contributed by atoms with E-state index in [1.165, 1.54) is 24.3 Å². The predicted molar refractivity (Wildman–Crippen MR) is 116 cm³/mol. The number of furan rings is 1. The minimum absolute atomic E-state index is 0.0382. The topological polar surface area (TPSA) is 82.8 Å². The van der Waals surface area contributed by atoms with Gasteiger partial charge in [0, 0.05) is 0 Å². The van der Waals surface area contributed by atoms with Crippen molar-refractivity contribution in [2.45, 2.75) is 17.3 Å². The molecule has 0 aliphatic rings. The molecule has 0 amide bonds. The molecule has 1 aromatic heterocycles. The monoisotopic (exact) mass is 436 g/mol. The highest BCUT2D eigenvalue weighted by Crippen LogP contribution is 2.23. The molecule has 4 aromatic rings. The van der Waals surface area contributed by atoms with Gasteiger partial charge in [-0.2, -0.15) is 0 Å². The van der Waals surface area contributed by atoms with Crippen LogP contribution in [0.15, 0.2) is 88.2 Å². The average Bonchev–Trinajstić information content (AvgIpc) is 3.25. The summed E-state index contributed by atoms with van der Waals surface area (Å²) in [6.45, 7) is 0.0686. The molecule has 0 atom stereocenters. The van der Waals surface area contributed by atoms with Gasteiger partial charge in [-0.3, -0.25) is 0 Å². The van der Waals surface area contributed by atoms with Gasteiger partial charge in [0.25, 0.3) is 0 Å². The van der Waals surface area contributed by atoms with Crippen LogP contribution in [-0.4, -0.2) is 21.5 Å². The van der Waals surface area contributed by atoms with Gasteiger partial charge in [0.05, 0.1) is 12.0 Å². The smallest absolute Gasteiger partial charge is 0.374 e. The first-order valence-corrected chi connectivity index (χ1v) is 11.2. The Morgan fingerprint density at radius 2 is 1.65 bits per heavy atom. The molecule has 7 heteroatoms. The maximum atomic E-state index is 12.5. The highest BCUT2D eigenvalue weighted by Gasteiger charge is 2.19. The lowest BCUT2D eigenvalue weighted by Gasteiger charge is -2.06. The summed E-state index contributed by atoms with van der Waals surface area (Å²) < 4.78 is 40.9. The summed E-state index contributed by atoms with van der Waals surface area (Å²) in [5, 5.41) is 2.02. The van der Waals surface area contributed by atoms with Crippen LogP contribution >= 0.6 is 0 Å². The maximum absolute atomic E-state index is 12.5. The second kappa shape index (κ2) is 8.65. The number of carbonyl (C=O) groups is 1. The first kappa shape index (κ1) is 20.7. The summed E-state index contributed by atoms with van der Waals surface area (Å²) in [5.74, 6) is -0.0784. The number of sulfone groups is 1. The highest BCUT2D eigenvalue weighted by molar-refractivity contribution is 7.90. The van der Waals surface area contributed by atoms with Crippen molar-refractivity contribution in [2.75, 3.05) is 7.11 Å². The predicted octanol–water partition coefficient (Wildman–Crippen LogP) is 4.77. The zero-order valence-corrected chi connectivity index (χ0v) is 17.6. The van der Waals surface area contributed by atoms with Crippen LogP contribution in [0.25, 0.3) is 10.8 Å². The Labute approximate surface area is 179 Å². The van der Waals surface area contributed by atoms with Crippen molar-refractivity contribution < 1.29 is 27.1 Å². The minimum atomic E-state index is -3.56. The zero-order valence-electron chi connectivity index (χ0n) is 16.8. The van der Waals surface area contributed by atoms with E-state index in [1.807, 2.05) is 36.4 Å². The van der Waals surface area contributed by atoms with Crippen LogP contribution in [0.2, 0.25) is 0 Å². The van der Waals surface area contributed by atoms with E-state index in [4.69, 9.17) is 13.9 Å². The fourth-order valence-electron chi connectivity index (χ4n) is 3.17. The molecule has 1 heterocycles. The molecule has 3 aromatic carbocycles. The lowest BCUT2D eigenvalue weighted by molar-refractivity contribution is 0.0434. The Balaban J connectivity index is 1.41. The van der Waals surface area contributed by atoms with Crippen molar-refractivity contribution in [3.8, 4) is 5.75 Å². The van der Waals surface area contributed by atoms with Crippen molar-refractivity contribution >= 4 is 26.6 Å². The molecule has 0 bridgehead atoms. The highest BCUT2D eigenvalue weighted by atomic mass is 32.2. The van der Waals surface area contributed by atoms with Crippen molar-refractivity contribution in [3.05, 3.63) is 95.9 Å². The van der Waals surface area contributed by atoms with Gasteiger partial charge in [-0.1, -0.05) is 36.4 Å². The number of hydrogen-bond acceptors (Lipinski definition) is 6. The van der Waals surface area contributed by atoms with Crippen LogP contribution in [0.3, 0.4) is 0 Å². The van der Waals surface area contributed by atoms with E-state index in [0.717, 1.165) is 22.1 Å². The lowest BCUT2D eigenvalue weighted by Crippen LogP contribution is -2.05. The number of ether oxygens (including phenoxy) is 2. The third-order valence-corrected chi connectivity index (χ3v) is 6.43. The Bertz CT molecular complexity index is 1320. The van der Waals surface area contributed by atoms with E-state index in [2.05, 4.69) is 0 Å². The molecule has 6 nitrogen and oxygen atoms in total. The third-order valence-electron chi connectivity index (χ3n) is 4.78. The Hall–Kier alpha value is -3.58. The second-order valence-corrected chi connectivity index (χ2v) is 8.95. The molecule has 0 spiro atoms. The van der Waals surface area contributed by atoms with E-state index >= 15 is 0 Å². The number of benzene rings is 3. The minimum Gasteiger partial charge on any atom is -0.497 e. The van der Waals surface area contributed by atoms with Gasteiger partial charge in [0.2, 0.25) is 5.76 Å². The molecule has 0 radical (unpaired) electrons. The molecule has 0 saturated heterocycles. The quantitative estimate of drug-likeness (QED) is 0.388. The van der Waals surface area contributed by atoms with E-state index in [1.54, 1.807) is 25.3 Å². The number of rotatable bonds is 7. The van der Waals surface area contributed by atoms with Crippen molar-refractivity contribution in [2.24, 2.45) is 0 Å². The number of hydrogen-bond donors (Lipinski definition) is 0. The summed E-state index contributed by atoms with van der Waals surface area (Å²) in [4.78, 5) is 12.5. The van der Waals surface area contributed by atoms with Crippen molar-refractivity contribution in [3.63, 3.8) is 0 Å². The molecule has 0 unspecified atom stereocenters. The zero-order chi connectivity index (χ0) is 21.8. The fourth-order valence-corrected chi connectivity index (χ4v) is 4.44. The molecule has 0 fully saturated rings. The fraction of sp³-hybridized carbons (Fsp3) is 0.125. The normalized spacial score (nSPS) is 11.4. The van der Waals surface area contributed by atoms with Gasteiger partial charge in [-0.05, 0) is 58.8 Å². The van der Waals surface area contributed by atoms with Gasteiger partial charge in [0.15, 0.2) is 9.84 Å². The Morgan fingerprint density at radius 1 is 0.903 bits per heavy atom. The molecule has 158 valence electrons. The van der Waals surface area contributed by atoms with E-state index < -0.39 is 15.8 Å². The maximum Gasteiger partial charge on any atom is 0.374 e. The van der Waals surface area contributed by atoms with Crippen LogP contribution in [-0.2, 0) is 26.9 Å². The molecular weight excluding hydrogens is 416 g/mol. The molecular formula is C24H20O6S. The molecule has 0 saturated carbocycles. The van der Waals surface area contributed by atoms with Crippen molar-refractivity contribution in [1.82, 2.24) is 0 Å². The summed E-state index contributed by atoms with van der Waals surface area (Å²) >= 11 is 0. The molecule has 31 heavy (non-hydrogen) atoms. The summed E-state index contributed by atoms with van der Waals surface area (Å²) in [7, 11) is -1.94. The Kier molecular flexibility index (Phi) is 5.77. The number of fused-ring (bicyclic) bond motifs is 1. The first-order chi connectivity index (χ1) is 14.9. The van der Waals surface area contributed by atoms with Crippen LogP contribution in [0, 0.1) is 0 Å². The average molecular weight is 436 g/mol. The van der Waals surface area contributed by atoms with E-state index in [0.29, 0.717) is 0 Å². The van der Waals surface area contributed by atoms with Gasteiger partial charge in [0.1, 0.15) is 23.9 Å². The van der Waals surface area contributed by atoms with Gasteiger partial charge in [-0.15, -0.1) is 0 Å². The largest absolute Gasteiger partial charge is 0.497 e. The molecule has 0 N–H and O–H groups in total. The summed E-state index contributed by atoms with van der Waals surface area (Å²) in [6, 6.07) is 22.5. The second-order valence-electron chi connectivity index (χ2n) is 6.96. The van der Waals surface area contributed by atoms with Crippen molar-refractivity contribution in [1.29, 1.82) is 0 Å². The third kappa shape index (κ3) is 4.78. The van der Waals surface area contributed by atoms with Gasteiger partial charge >= 0.3 is 5.97 Å². The standard InChI is InChI=1S/C24H20O6S/c1-28-20-10-9-18-13-17(7-8-19(18)14-20)15-29-24(25)23-12-11-21(30-23)16-31(26,27)22-5-3-2-4-6-22/h2-14H,15-16H2,1H3. The van der Waals surface area contributed by atoms with Gasteiger partial charge < -0.3 is 13.9 Å². The Morgan fingerprint density at radius 3 is 2.42 bits per heavy atom.